The van der Waals surface area contributed by atoms with Crippen LogP contribution >= 0.6 is 0 Å². The molecule has 2 aliphatic heterocycles. The maximum absolute atomic E-state index is 12.1. The first-order valence-electron chi connectivity index (χ1n) is 12.8. The lowest BCUT2D eigenvalue weighted by Crippen LogP contribution is -2.47. The van der Waals surface area contributed by atoms with E-state index in [4.69, 9.17) is 29.6 Å². The van der Waals surface area contributed by atoms with Crippen molar-refractivity contribution >= 4 is 26.9 Å². The molecule has 2 N–H and O–H groups in total. The smallest absolute Gasteiger partial charge is 0.254 e. The van der Waals surface area contributed by atoms with Crippen LogP contribution in [0.3, 0.4) is 0 Å². The van der Waals surface area contributed by atoms with E-state index in [9.17, 15) is 4.21 Å². The lowest BCUT2D eigenvalue weighted by molar-refractivity contribution is 0.122. The molecule has 2 aliphatic rings. The number of hydrogen-bond acceptors (Lipinski definition) is 9. The van der Waals surface area contributed by atoms with Crippen LogP contribution in [0.1, 0.15) is 11.4 Å². The number of H-pyrrole nitrogens is 1. The molecule has 4 aromatic rings. The van der Waals surface area contributed by atoms with Crippen molar-refractivity contribution < 1.29 is 8.95 Å². The molecule has 0 amide bonds. The fraction of sp³-hybridized carbons (Fsp3) is 0.440. The van der Waals surface area contributed by atoms with Crippen LogP contribution in [-0.4, -0.2) is 102 Å². The first-order chi connectivity index (χ1) is 18.3. The molecule has 2 saturated heterocycles. The molecular weight excluding hydrogens is 504 g/mol. The van der Waals surface area contributed by atoms with Crippen molar-refractivity contribution in [3.05, 3.63) is 47.9 Å². The van der Waals surface area contributed by atoms with Gasteiger partial charge < -0.3 is 14.6 Å². The number of morpholine rings is 1. The molecule has 13 heteroatoms. The van der Waals surface area contributed by atoms with Crippen LogP contribution in [-0.2, 0) is 21.2 Å². The Morgan fingerprint density at radius 2 is 1.84 bits per heavy atom. The van der Waals surface area contributed by atoms with E-state index in [1.807, 2.05) is 24.4 Å². The minimum absolute atomic E-state index is 0.470. The quantitative estimate of drug-likeness (QED) is 0.383. The number of piperazine rings is 1. The second-order valence-electron chi connectivity index (χ2n) is 9.85. The average Bonchev–Trinajstić information content (AvgIpc) is 3.56. The van der Waals surface area contributed by atoms with Crippen LogP contribution in [0.4, 0.5) is 5.82 Å². The SMILES string of the molecule is Cc1cccc(-c2ccn(-c3nc(N4CCOCC4)c4[nH]c(CN5CCN(S(C)(=N)=O)CC5)nc4n3)n2)c1. The van der Waals surface area contributed by atoms with E-state index in [1.54, 1.807) is 8.99 Å². The zero-order valence-corrected chi connectivity index (χ0v) is 22.4. The molecule has 12 nitrogen and oxygen atoms in total. The molecule has 1 aromatic carbocycles. The summed E-state index contributed by atoms with van der Waals surface area (Å²) in [6.07, 6.45) is 3.36. The summed E-state index contributed by atoms with van der Waals surface area (Å²) >= 11 is 0. The number of aromatic nitrogens is 6. The van der Waals surface area contributed by atoms with Crippen LogP contribution in [0.5, 0.6) is 0 Å². The highest BCUT2D eigenvalue weighted by molar-refractivity contribution is 7.89. The van der Waals surface area contributed by atoms with Gasteiger partial charge in [0.2, 0.25) is 0 Å². The van der Waals surface area contributed by atoms with Gasteiger partial charge in [-0.25, -0.2) is 23.0 Å². The molecular formula is C25H32N10O2S. The normalized spacial score (nSPS) is 19.2. The number of fused-ring (bicyclic) bond motifs is 1. The summed E-state index contributed by atoms with van der Waals surface area (Å²) in [5.41, 5.74) is 4.48. The summed E-state index contributed by atoms with van der Waals surface area (Å²) in [4.78, 5) is 22.5. The van der Waals surface area contributed by atoms with Gasteiger partial charge in [-0.1, -0.05) is 23.8 Å². The molecule has 0 radical (unpaired) electrons. The van der Waals surface area contributed by atoms with E-state index >= 15 is 0 Å². The Morgan fingerprint density at radius 3 is 2.58 bits per heavy atom. The summed E-state index contributed by atoms with van der Waals surface area (Å²) in [7, 11) is -2.67. The van der Waals surface area contributed by atoms with Crippen molar-refractivity contribution in [3.63, 3.8) is 0 Å². The Kier molecular flexibility index (Phi) is 6.60. The maximum Gasteiger partial charge on any atom is 0.254 e. The monoisotopic (exact) mass is 536 g/mol. The van der Waals surface area contributed by atoms with Crippen molar-refractivity contribution in [2.24, 2.45) is 0 Å². The molecule has 3 aromatic heterocycles. The van der Waals surface area contributed by atoms with E-state index in [2.05, 4.69) is 33.8 Å². The van der Waals surface area contributed by atoms with Gasteiger partial charge in [0.15, 0.2) is 11.5 Å². The number of anilines is 1. The van der Waals surface area contributed by atoms with Crippen molar-refractivity contribution in [1.82, 2.24) is 38.9 Å². The average molecular weight is 537 g/mol. The second kappa shape index (κ2) is 10.1. The van der Waals surface area contributed by atoms with Crippen LogP contribution < -0.4 is 4.90 Å². The molecule has 0 aliphatic carbocycles. The second-order valence-corrected chi connectivity index (χ2v) is 12.0. The molecule has 38 heavy (non-hydrogen) atoms. The standard InChI is InChI=1S/C25H32N10O2S/c1-18-4-3-5-19(16-18)20-6-7-35(31-20)25-29-23-22(24(30-25)33-12-14-37-15-13-33)27-21(28-23)17-32-8-10-34(11-9-32)38(2,26)36/h3-7,16,26H,8-15,17H2,1-2H3,(H,27,28,29,30). The summed E-state index contributed by atoms with van der Waals surface area (Å²) < 4.78 is 28.9. The highest BCUT2D eigenvalue weighted by atomic mass is 32.2. The number of rotatable bonds is 6. The first-order valence-corrected chi connectivity index (χ1v) is 14.7. The lowest BCUT2D eigenvalue weighted by Gasteiger charge is -2.33. The van der Waals surface area contributed by atoms with E-state index in [1.165, 1.54) is 11.8 Å². The largest absolute Gasteiger partial charge is 0.378 e. The van der Waals surface area contributed by atoms with Crippen LogP contribution in [0.25, 0.3) is 28.4 Å². The van der Waals surface area contributed by atoms with Gasteiger partial charge in [0.1, 0.15) is 21.3 Å². The van der Waals surface area contributed by atoms with Gasteiger partial charge in [0.05, 0.1) is 25.5 Å². The highest BCUT2D eigenvalue weighted by Crippen LogP contribution is 2.26. The number of aryl methyl sites for hydroxylation is 1. The third-order valence-corrected chi connectivity index (χ3v) is 8.34. The van der Waals surface area contributed by atoms with Gasteiger partial charge in [-0.2, -0.15) is 15.1 Å². The molecule has 1 unspecified atom stereocenters. The molecule has 0 spiro atoms. The molecule has 0 saturated carbocycles. The molecule has 200 valence electrons. The Labute approximate surface area is 221 Å². The topological polar surface area (TPSA) is 132 Å². The molecule has 2 fully saturated rings. The molecule has 1 atom stereocenters. The fourth-order valence-electron chi connectivity index (χ4n) is 4.94. The first kappa shape index (κ1) is 24.9. The zero-order valence-electron chi connectivity index (χ0n) is 21.6. The number of hydrogen-bond donors (Lipinski definition) is 2. The third-order valence-electron chi connectivity index (χ3n) is 6.98. The number of ether oxygens (including phenoxy) is 1. The summed E-state index contributed by atoms with van der Waals surface area (Å²) in [6, 6.07) is 10.2. The van der Waals surface area contributed by atoms with Gasteiger partial charge in [-0.05, 0) is 19.1 Å². The number of nitrogens with zero attached hydrogens (tertiary/aromatic N) is 8. The number of nitrogens with one attached hydrogen (secondary N) is 2. The minimum Gasteiger partial charge on any atom is -0.378 e. The van der Waals surface area contributed by atoms with Crippen LogP contribution in [0, 0.1) is 11.7 Å². The van der Waals surface area contributed by atoms with E-state index in [0.29, 0.717) is 44.4 Å². The van der Waals surface area contributed by atoms with Gasteiger partial charge in [0.25, 0.3) is 5.95 Å². The summed E-state index contributed by atoms with van der Waals surface area (Å²) in [5, 5.41) is 4.77. The molecule has 5 heterocycles. The Hall–Kier alpha value is -3.39. The minimum atomic E-state index is -2.67. The number of imidazole rings is 1. The van der Waals surface area contributed by atoms with E-state index in [0.717, 1.165) is 54.6 Å². The van der Waals surface area contributed by atoms with Crippen molar-refractivity contribution in [2.75, 3.05) is 63.6 Å². The van der Waals surface area contributed by atoms with E-state index in [-0.39, 0.29) is 0 Å². The van der Waals surface area contributed by atoms with Gasteiger partial charge in [-0.3, -0.25) is 4.90 Å². The number of aromatic amines is 1. The van der Waals surface area contributed by atoms with Gasteiger partial charge in [-0.15, -0.1) is 0 Å². The third kappa shape index (κ3) is 5.14. The van der Waals surface area contributed by atoms with Crippen molar-refractivity contribution in [1.29, 1.82) is 4.78 Å². The Morgan fingerprint density at radius 1 is 1.05 bits per heavy atom. The van der Waals surface area contributed by atoms with Crippen LogP contribution in [0.15, 0.2) is 36.5 Å². The predicted molar refractivity (Wildman–Crippen MR) is 146 cm³/mol. The Balaban J connectivity index is 1.31. The summed E-state index contributed by atoms with van der Waals surface area (Å²) in [5.74, 6) is 2.07. The van der Waals surface area contributed by atoms with E-state index < -0.39 is 9.92 Å². The fourth-order valence-corrected chi connectivity index (χ4v) is 5.80. The Bertz CT molecular complexity index is 1550. The van der Waals surface area contributed by atoms with Crippen molar-refractivity contribution in [3.8, 4) is 17.2 Å². The van der Waals surface area contributed by atoms with Crippen LogP contribution in [0.2, 0.25) is 0 Å². The molecule has 6 rings (SSSR count). The van der Waals surface area contributed by atoms with Gasteiger partial charge >= 0.3 is 0 Å². The summed E-state index contributed by atoms with van der Waals surface area (Å²) in [6.45, 7) is 8.09. The highest BCUT2D eigenvalue weighted by Gasteiger charge is 2.24. The van der Waals surface area contributed by atoms with Crippen molar-refractivity contribution in [2.45, 2.75) is 13.5 Å². The molecule has 0 bridgehead atoms. The maximum atomic E-state index is 12.1. The predicted octanol–water partition coefficient (Wildman–Crippen LogP) is 2.06. The lowest BCUT2D eigenvalue weighted by atomic mass is 10.1. The van der Waals surface area contributed by atoms with Gasteiger partial charge in [0, 0.05) is 57.3 Å². The number of benzene rings is 1. The zero-order chi connectivity index (χ0) is 26.3.